The Morgan fingerprint density at radius 3 is 2.76 bits per heavy atom. The van der Waals surface area contributed by atoms with Crippen LogP contribution in [0.4, 0.5) is 0 Å². The first-order chi connectivity index (χ1) is 7.83. The highest BCUT2D eigenvalue weighted by atomic mass is 16.3. The Morgan fingerprint density at radius 2 is 2.24 bits per heavy atom. The van der Waals surface area contributed by atoms with Crippen LogP contribution in [0.15, 0.2) is 23.3 Å². The van der Waals surface area contributed by atoms with E-state index in [2.05, 4.69) is 6.08 Å². The van der Waals surface area contributed by atoms with Crippen LogP contribution >= 0.6 is 0 Å². The largest absolute Gasteiger partial charge is 0.389 e. The lowest BCUT2D eigenvalue weighted by Crippen LogP contribution is -2.40. The summed E-state index contributed by atoms with van der Waals surface area (Å²) in [5, 5.41) is 10.4. The standard InChI is InChI=1S/C15H24O2/c1-11(2)6-5-9-15(4,17)13-8-7-12(3)10-14(13)16/h6,10,13,17H,5,7-9H2,1-4H3/t13-,15-/m1/s1. The summed E-state index contributed by atoms with van der Waals surface area (Å²) in [6.45, 7) is 7.87. The Bertz CT molecular complexity index is 344. The third kappa shape index (κ3) is 4.12. The summed E-state index contributed by atoms with van der Waals surface area (Å²) in [7, 11) is 0. The first-order valence-electron chi connectivity index (χ1n) is 6.39. The van der Waals surface area contributed by atoms with Gasteiger partial charge in [-0.15, -0.1) is 0 Å². The predicted octanol–water partition coefficient (Wildman–Crippen LogP) is 3.41. The molecule has 1 N–H and O–H groups in total. The van der Waals surface area contributed by atoms with Gasteiger partial charge in [-0.1, -0.05) is 17.2 Å². The highest BCUT2D eigenvalue weighted by Gasteiger charge is 2.36. The zero-order chi connectivity index (χ0) is 13.1. The van der Waals surface area contributed by atoms with Crippen molar-refractivity contribution in [3.8, 4) is 0 Å². The lowest BCUT2D eigenvalue weighted by molar-refractivity contribution is -0.128. The van der Waals surface area contributed by atoms with Gasteiger partial charge in [0.15, 0.2) is 5.78 Å². The second-order valence-electron chi connectivity index (χ2n) is 5.66. The van der Waals surface area contributed by atoms with Gasteiger partial charge < -0.3 is 5.11 Å². The molecule has 1 aliphatic carbocycles. The van der Waals surface area contributed by atoms with Gasteiger partial charge in [0.05, 0.1) is 11.5 Å². The molecule has 17 heavy (non-hydrogen) atoms. The van der Waals surface area contributed by atoms with Crippen LogP contribution in [-0.4, -0.2) is 16.5 Å². The Morgan fingerprint density at radius 1 is 1.59 bits per heavy atom. The first-order valence-corrected chi connectivity index (χ1v) is 6.39. The van der Waals surface area contributed by atoms with Crippen molar-refractivity contribution in [3.05, 3.63) is 23.3 Å². The average molecular weight is 236 g/mol. The minimum absolute atomic E-state index is 0.0935. The summed E-state index contributed by atoms with van der Waals surface area (Å²) in [6, 6.07) is 0. The Hall–Kier alpha value is -0.890. The second-order valence-corrected chi connectivity index (χ2v) is 5.66. The number of allylic oxidation sites excluding steroid dienone is 4. The molecule has 2 nitrogen and oxygen atoms in total. The summed E-state index contributed by atoms with van der Waals surface area (Å²) in [5.74, 6) is -0.132. The normalized spacial score (nSPS) is 23.9. The van der Waals surface area contributed by atoms with Crippen molar-refractivity contribution in [1.29, 1.82) is 0 Å². The van der Waals surface area contributed by atoms with E-state index in [1.807, 2.05) is 20.8 Å². The van der Waals surface area contributed by atoms with E-state index in [9.17, 15) is 9.90 Å². The van der Waals surface area contributed by atoms with E-state index in [0.717, 1.165) is 24.8 Å². The molecule has 2 heteroatoms. The zero-order valence-electron chi connectivity index (χ0n) is 11.4. The fourth-order valence-corrected chi connectivity index (χ4v) is 2.37. The van der Waals surface area contributed by atoms with Crippen molar-refractivity contribution in [2.24, 2.45) is 5.92 Å². The van der Waals surface area contributed by atoms with Crippen LogP contribution in [0.1, 0.15) is 53.4 Å². The quantitative estimate of drug-likeness (QED) is 0.759. The van der Waals surface area contributed by atoms with Gasteiger partial charge >= 0.3 is 0 Å². The molecular formula is C15H24O2. The highest BCUT2D eigenvalue weighted by Crippen LogP contribution is 2.32. The van der Waals surface area contributed by atoms with E-state index < -0.39 is 5.60 Å². The molecule has 0 amide bonds. The minimum atomic E-state index is -0.875. The van der Waals surface area contributed by atoms with E-state index in [0.29, 0.717) is 6.42 Å². The molecule has 0 saturated heterocycles. The Balaban J connectivity index is 2.64. The monoisotopic (exact) mass is 236 g/mol. The molecule has 0 unspecified atom stereocenters. The minimum Gasteiger partial charge on any atom is -0.389 e. The molecule has 1 rings (SSSR count). The third-order valence-corrected chi connectivity index (χ3v) is 3.51. The SMILES string of the molecule is CC(C)=CCC[C@@](C)(O)[C@@H]1CCC(C)=CC1=O. The number of ketones is 1. The molecule has 96 valence electrons. The molecular weight excluding hydrogens is 212 g/mol. The van der Waals surface area contributed by atoms with Crippen LogP contribution in [0, 0.1) is 5.92 Å². The predicted molar refractivity (Wildman–Crippen MR) is 70.8 cm³/mol. The molecule has 0 heterocycles. The van der Waals surface area contributed by atoms with E-state index in [1.165, 1.54) is 5.57 Å². The number of carbonyl (C=O) groups is 1. The maximum Gasteiger partial charge on any atom is 0.161 e. The zero-order valence-corrected chi connectivity index (χ0v) is 11.4. The summed E-state index contributed by atoms with van der Waals surface area (Å²) in [6.07, 6.45) is 7.01. The number of rotatable bonds is 4. The van der Waals surface area contributed by atoms with Gasteiger partial charge in [0.1, 0.15) is 0 Å². The number of aliphatic hydroxyl groups is 1. The summed E-state index contributed by atoms with van der Waals surface area (Å²) < 4.78 is 0. The third-order valence-electron chi connectivity index (χ3n) is 3.51. The number of carbonyl (C=O) groups excluding carboxylic acids is 1. The second kappa shape index (κ2) is 5.63. The lowest BCUT2D eigenvalue weighted by atomic mass is 9.76. The van der Waals surface area contributed by atoms with Crippen molar-refractivity contribution in [2.75, 3.05) is 0 Å². The molecule has 0 spiro atoms. The molecule has 0 fully saturated rings. The molecule has 0 radical (unpaired) electrons. The van der Waals surface area contributed by atoms with Gasteiger partial charge in [0, 0.05) is 0 Å². The maximum atomic E-state index is 11.9. The fourth-order valence-electron chi connectivity index (χ4n) is 2.37. The molecule has 0 saturated carbocycles. The van der Waals surface area contributed by atoms with Gasteiger partial charge in [0.2, 0.25) is 0 Å². The van der Waals surface area contributed by atoms with Gasteiger partial charge in [-0.3, -0.25) is 4.79 Å². The highest BCUT2D eigenvalue weighted by molar-refractivity contribution is 5.94. The van der Waals surface area contributed by atoms with Crippen LogP contribution in [0.5, 0.6) is 0 Å². The molecule has 0 aromatic heterocycles. The van der Waals surface area contributed by atoms with Gasteiger partial charge in [0.25, 0.3) is 0 Å². The van der Waals surface area contributed by atoms with Crippen LogP contribution < -0.4 is 0 Å². The van der Waals surface area contributed by atoms with Gasteiger partial charge in [-0.05, 0) is 59.5 Å². The van der Waals surface area contributed by atoms with Crippen molar-refractivity contribution >= 4 is 5.78 Å². The number of hydrogen-bond donors (Lipinski definition) is 1. The van der Waals surface area contributed by atoms with Gasteiger partial charge in [-0.2, -0.15) is 0 Å². The smallest absolute Gasteiger partial charge is 0.161 e. The van der Waals surface area contributed by atoms with Crippen molar-refractivity contribution in [1.82, 2.24) is 0 Å². The van der Waals surface area contributed by atoms with Gasteiger partial charge in [-0.25, -0.2) is 0 Å². The van der Waals surface area contributed by atoms with Crippen molar-refractivity contribution < 1.29 is 9.90 Å². The maximum absolute atomic E-state index is 11.9. The molecule has 0 aromatic rings. The first kappa shape index (κ1) is 14.2. The number of hydrogen-bond acceptors (Lipinski definition) is 2. The van der Waals surface area contributed by atoms with Crippen molar-refractivity contribution in [3.63, 3.8) is 0 Å². The van der Waals surface area contributed by atoms with E-state index in [4.69, 9.17) is 0 Å². The van der Waals surface area contributed by atoms with E-state index >= 15 is 0 Å². The molecule has 0 bridgehead atoms. The van der Waals surface area contributed by atoms with Crippen molar-refractivity contribution in [2.45, 2.75) is 59.0 Å². The molecule has 0 aromatic carbocycles. The average Bonchev–Trinajstić information content (AvgIpc) is 2.15. The Labute approximate surface area is 104 Å². The van der Waals surface area contributed by atoms with E-state index in [1.54, 1.807) is 13.0 Å². The molecule has 2 atom stereocenters. The molecule has 1 aliphatic rings. The molecule has 0 aliphatic heterocycles. The summed E-state index contributed by atoms with van der Waals surface area (Å²) in [4.78, 5) is 11.9. The van der Waals surface area contributed by atoms with Crippen LogP contribution in [-0.2, 0) is 4.79 Å². The van der Waals surface area contributed by atoms with E-state index in [-0.39, 0.29) is 11.7 Å². The van der Waals surface area contributed by atoms with Crippen LogP contribution in [0.25, 0.3) is 0 Å². The lowest BCUT2D eigenvalue weighted by Gasteiger charge is -2.33. The Kier molecular flexibility index (Phi) is 4.70. The summed E-state index contributed by atoms with van der Waals surface area (Å²) >= 11 is 0. The summed E-state index contributed by atoms with van der Waals surface area (Å²) in [5.41, 5.74) is 1.51. The van der Waals surface area contributed by atoms with Crippen LogP contribution in [0.2, 0.25) is 0 Å². The topological polar surface area (TPSA) is 37.3 Å². The van der Waals surface area contributed by atoms with Crippen LogP contribution in [0.3, 0.4) is 0 Å². The fraction of sp³-hybridized carbons (Fsp3) is 0.667.